The fraction of sp³-hybridized carbons (Fsp3) is 0.407. The van der Waals surface area contributed by atoms with Crippen molar-refractivity contribution in [1.82, 2.24) is 29.1 Å². The molecule has 3 saturated heterocycles. The minimum Gasteiger partial charge on any atom is -0.494 e. The largest absolute Gasteiger partial charge is 0.494 e. The van der Waals surface area contributed by atoms with E-state index in [0.29, 0.717) is 57.4 Å². The molecule has 6 heterocycles. The lowest BCUT2D eigenvalue weighted by Gasteiger charge is -2.28. The number of H-pyrrole nitrogens is 1. The molecule has 0 saturated carbocycles. The molecule has 0 aliphatic carbocycles. The number of ether oxygens (including phenoxy) is 5. The predicted molar refractivity (Wildman–Crippen MR) is 322 cm³/mol. The third-order valence-corrected chi connectivity index (χ3v) is 22.0. The van der Waals surface area contributed by atoms with Crippen LogP contribution in [-0.4, -0.2) is 103 Å². The molecule has 22 nitrogen and oxygen atoms in total. The highest BCUT2D eigenvalue weighted by atomic mass is 32.7. The van der Waals surface area contributed by atoms with Gasteiger partial charge in [-0.1, -0.05) is 93.8 Å². The molecule has 10 rings (SSSR count). The van der Waals surface area contributed by atoms with Crippen molar-refractivity contribution in [2.75, 3.05) is 31.3 Å². The zero-order valence-corrected chi connectivity index (χ0v) is 50.9. The van der Waals surface area contributed by atoms with Crippen LogP contribution in [0.2, 0.25) is 0 Å². The van der Waals surface area contributed by atoms with E-state index >= 15 is 17.9 Å². The summed E-state index contributed by atoms with van der Waals surface area (Å²) in [5.41, 5.74) is 7.31. The molecule has 3 fully saturated rings. The minimum absolute atomic E-state index is 0.00577. The van der Waals surface area contributed by atoms with Crippen LogP contribution in [0.1, 0.15) is 108 Å². The number of carbonyl (C=O) groups excluding carboxylic acids is 2. The number of nitrogens with one attached hydrogen (secondary N) is 1. The molecule has 28 heteroatoms. The first-order valence-corrected chi connectivity index (χ1v) is 34.7. The number of alkyl halides is 2. The zero-order valence-electron chi connectivity index (χ0n) is 47.5. The van der Waals surface area contributed by atoms with Crippen LogP contribution in [0.15, 0.2) is 132 Å². The summed E-state index contributed by atoms with van der Waals surface area (Å²) >= 11 is 1.28. The van der Waals surface area contributed by atoms with Gasteiger partial charge >= 0.3 is 31.2 Å². The molecule has 0 radical (unpaired) electrons. The predicted octanol–water partition coefficient (Wildman–Crippen LogP) is 11.6. The Morgan fingerprint density at radius 2 is 1.26 bits per heavy atom. The van der Waals surface area contributed by atoms with Crippen molar-refractivity contribution < 1.29 is 69.3 Å². The smallest absolute Gasteiger partial charge is 0.389 e. The Bertz CT molecular complexity index is 3700. The standard InChI is InChI=1S/C59H65F2N7O15P2S2/c1-3-4-5-6-7-8-9-10-30-75-42-25-19-41(20-26-42)58(71)78-43-21-13-38(14-22-43)28-31-86-84(73)77-33-46-51(49(61)55(81-46)68-36-65-50-53(62)63-35-64-54(50)68)82-85(74,76-32-45-48(60)52(83-84)56(80-45)67-29-27-47(69)66-59(67)72)87-34-39-15-23-44(24-16-39)79-57(70)40-17-11-37(2)12-18-40/h11-27,29,35-36,45-46,48-49,51-52,55-56H,3-10,28,30-34H2,1-2H3,(H2,62,63,64)(H,66,69,72)/t45-,46-,48-,49-,51-,52-,55-,56-,84?,85?/m1/s1. The molecular weight excluding hydrogens is 1210 g/mol. The van der Waals surface area contributed by atoms with Crippen LogP contribution in [0.5, 0.6) is 17.2 Å². The first-order chi connectivity index (χ1) is 42.0. The van der Waals surface area contributed by atoms with E-state index in [1.54, 1.807) is 84.9 Å². The van der Waals surface area contributed by atoms with Gasteiger partial charge in [-0.15, -0.1) is 0 Å². The van der Waals surface area contributed by atoms with Gasteiger partial charge < -0.3 is 29.4 Å². The van der Waals surface area contributed by atoms with Crippen molar-refractivity contribution in [2.45, 2.75) is 127 Å². The number of rotatable bonds is 23. The maximum atomic E-state index is 17.4. The minimum atomic E-state index is -4.71. The van der Waals surface area contributed by atoms with Gasteiger partial charge in [0.2, 0.25) is 0 Å². The monoisotopic (exact) mass is 1280 g/mol. The van der Waals surface area contributed by atoms with Crippen molar-refractivity contribution in [3.63, 3.8) is 0 Å². The number of aromatic amines is 1. The van der Waals surface area contributed by atoms with E-state index in [2.05, 4.69) is 26.9 Å². The maximum Gasteiger partial charge on any atom is 0.389 e. The van der Waals surface area contributed by atoms with E-state index < -0.39 is 99.2 Å². The summed E-state index contributed by atoms with van der Waals surface area (Å²) in [7, 11) is 0. The molecule has 0 spiro atoms. The molecular formula is C59H65F2N7O15P2S2. The Balaban J connectivity index is 0.853. The third-order valence-electron chi connectivity index (χ3n) is 14.6. The molecule has 2 unspecified atom stereocenters. The number of carbonyl (C=O) groups is 2. The fourth-order valence-electron chi connectivity index (χ4n) is 9.79. The number of nitrogen functional groups attached to an aromatic ring is 1. The van der Waals surface area contributed by atoms with Crippen LogP contribution in [0, 0.1) is 6.92 Å². The van der Waals surface area contributed by atoms with Gasteiger partial charge in [0.1, 0.15) is 53.5 Å². The van der Waals surface area contributed by atoms with Gasteiger partial charge in [0.25, 0.3) is 5.56 Å². The van der Waals surface area contributed by atoms with Gasteiger partial charge in [0, 0.05) is 23.8 Å². The van der Waals surface area contributed by atoms with Gasteiger partial charge in [-0.25, -0.2) is 47.2 Å². The Hall–Kier alpha value is -6.57. The Labute approximate surface area is 507 Å². The maximum absolute atomic E-state index is 17.4. The molecule has 4 aromatic carbocycles. The van der Waals surface area contributed by atoms with Crippen molar-refractivity contribution in [1.29, 1.82) is 0 Å². The quantitative estimate of drug-likeness (QED) is 0.0261. The van der Waals surface area contributed by atoms with Crippen molar-refractivity contribution in [2.24, 2.45) is 0 Å². The number of aryl methyl sites for hydroxylation is 2. The van der Waals surface area contributed by atoms with Crippen molar-refractivity contribution in [3.05, 3.63) is 171 Å². The molecule has 3 aromatic heterocycles. The Morgan fingerprint density at radius 1 is 0.678 bits per heavy atom. The third kappa shape index (κ3) is 16.2. The van der Waals surface area contributed by atoms with Gasteiger partial charge in [-0.3, -0.25) is 37.0 Å². The second-order valence-corrected chi connectivity index (χ2v) is 29.1. The second-order valence-electron chi connectivity index (χ2n) is 20.9. The second kappa shape index (κ2) is 29.2. The first kappa shape index (κ1) is 63.4. The number of fused-ring (bicyclic) bond motifs is 4. The normalized spacial score (nSPS) is 24.8. The fourth-order valence-corrected chi connectivity index (χ4v) is 16.6. The highest BCUT2D eigenvalue weighted by molar-refractivity contribution is 8.55. The molecule has 7 aromatic rings. The van der Waals surface area contributed by atoms with Crippen LogP contribution in [0.3, 0.4) is 0 Å². The number of esters is 2. The SMILES string of the molecule is CCCCCCCCCCOc1ccc(C(=O)Oc2ccc(CCSP3(=O)OC[C@H]4O[C@@H](n5cnc6c(N)ncnc65)[C@H](F)[C@@H]4OP(=O)(SCc4ccc(OC(=O)c5ccc(C)cc5)cc4)OC[C@H]4O[C@@H](n5ccc(=O)[nH]c5=O)[C@H](O3)[C@@H]4F)cc2)cc1. The Kier molecular flexibility index (Phi) is 21.3. The highest BCUT2D eigenvalue weighted by Gasteiger charge is 2.55. The van der Waals surface area contributed by atoms with Gasteiger partial charge in [-0.05, 0) is 114 Å². The summed E-state index contributed by atoms with van der Waals surface area (Å²) in [6.45, 7) is -6.36. The van der Waals surface area contributed by atoms with E-state index in [1.807, 2.05) is 6.92 Å². The van der Waals surface area contributed by atoms with Crippen LogP contribution >= 0.6 is 36.4 Å². The van der Waals surface area contributed by atoms with Gasteiger partial charge in [0.05, 0.1) is 37.3 Å². The number of nitrogens with zero attached hydrogens (tertiary/aromatic N) is 5. The number of imidazole rings is 1. The van der Waals surface area contributed by atoms with E-state index in [1.165, 1.54) is 61.6 Å². The lowest BCUT2D eigenvalue weighted by Crippen LogP contribution is -2.37. The number of halogens is 2. The van der Waals surface area contributed by atoms with Crippen LogP contribution in [0.25, 0.3) is 11.2 Å². The van der Waals surface area contributed by atoms with E-state index in [4.69, 9.17) is 47.5 Å². The number of hydrogen-bond donors (Lipinski definition) is 2. The number of unbranched alkanes of at least 4 members (excludes halogenated alkanes) is 7. The number of hydrogen-bond acceptors (Lipinski definition) is 21. The number of aromatic nitrogens is 6. The molecule has 3 N–H and O–H groups in total. The molecule has 3 aliphatic heterocycles. The zero-order chi connectivity index (χ0) is 61.1. The molecule has 87 heavy (non-hydrogen) atoms. The topological polar surface area (TPSA) is 276 Å². The van der Waals surface area contributed by atoms with E-state index in [9.17, 15) is 19.2 Å². The summed E-state index contributed by atoms with van der Waals surface area (Å²) in [5.74, 6) is -0.175. The summed E-state index contributed by atoms with van der Waals surface area (Å²) in [6.07, 6.45) is -1.61. The van der Waals surface area contributed by atoms with Crippen molar-refractivity contribution >= 4 is 65.3 Å². The van der Waals surface area contributed by atoms with Gasteiger partial charge in [-0.2, -0.15) is 0 Å². The molecule has 2 bridgehead atoms. The van der Waals surface area contributed by atoms with Crippen LogP contribution < -0.4 is 31.2 Å². The lowest BCUT2D eigenvalue weighted by atomic mass is 10.1. The van der Waals surface area contributed by atoms with Crippen LogP contribution in [0.4, 0.5) is 14.6 Å². The van der Waals surface area contributed by atoms with E-state index in [-0.39, 0.29) is 46.4 Å². The first-order valence-electron chi connectivity index (χ1n) is 28.4. The molecule has 0 amide bonds. The lowest BCUT2D eigenvalue weighted by molar-refractivity contribution is -0.0589. The average Bonchev–Trinajstić information content (AvgIpc) is 2.29. The molecule has 462 valence electrons. The summed E-state index contributed by atoms with van der Waals surface area (Å²) in [6, 6.07) is 27.4. The Morgan fingerprint density at radius 3 is 1.93 bits per heavy atom. The highest BCUT2D eigenvalue weighted by Crippen LogP contribution is 2.67. The number of benzene rings is 4. The summed E-state index contributed by atoms with van der Waals surface area (Å²) in [4.78, 5) is 66.0. The number of nitrogens with two attached hydrogens (primary N) is 1. The van der Waals surface area contributed by atoms with E-state index in [0.717, 1.165) is 41.6 Å². The summed E-state index contributed by atoms with van der Waals surface area (Å²) < 4.78 is 121. The van der Waals surface area contributed by atoms with Crippen molar-refractivity contribution in [3.8, 4) is 17.2 Å². The molecule has 3 aliphatic rings. The number of anilines is 1. The van der Waals surface area contributed by atoms with Gasteiger partial charge in [0.15, 0.2) is 36.3 Å². The summed E-state index contributed by atoms with van der Waals surface area (Å²) in [5, 5.41) is 0. The molecule has 10 atom stereocenters. The average molecular weight is 1280 g/mol. The van der Waals surface area contributed by atoms with Crippen LogP contribution in [-0.2, 0) is 48.9 Å².